The summed E-state index contributed by atoms with van der Waals surface area (Å²) in [6.45, 7) is 3.36. The van der Waals surface area contributed by atoms with Crippen LogP contribution >= 0.6 is 0 Å². The van der Waals surface area contributed by atoms with Crippen LogP contribution in [-0.2, 0) is 9.59 Å². The third kappa shape index (κ3) is 8.20. The summed E-state index contributed by atoms with van der Waals surface area (Å²) in [6.07, 6.45) is 4.53. The molecule has 0 aliphatic rings. The van der Waals surface area contributed by atoms with E-state index in [0.717, 1.165) is 13.0 Å². The van der Waals surface area contributed by atoms with Crippen molar-refractivity contribution >= 4 is 11.8 Å². The van der Waals surface area contributed by atoms with Crippen LogP contribution in [0.2, 0.25) is 0 Å². The molecule has 1 unspecified atom stereocenters. The molecule has 0 rings (SSSR count). The number of carbonyl (C=O) groups is 2. The number of nitrogens with zero attached hydrogens (tertiary/aromatic N) is 1. The molecule has 2 N–H and O–H groups in total. The topological polar surface area (TPSA) is 69.6 Å². The van der Waals surface area contributed by atoms with Crippen LogP contribution in [0.5, 0.6) is 0 Å². The molecule has 0 radical (unpaired) electrons. The molecule has 0 heterocycles. The Morgan fingerprint density at radius 2 is 1.94 bits per heavy atom. The minimum Gasteiger partial charge on any atom is -0.481 e. The van der Waals surface area contributed by atoms with Crippen LogP contribution in [0.4, 0.5) is 0 Å². The van der Waals surface area contributed by atoms with E-state index in [9.17, 15) is 9.59 Å². The Labute approximate surface area is 110 Å². The lowest BCUT2D eigenvalue weighted by atomic mass is 10.1. The average Bonchev–Trinajstić information content (AvgIpc) is 2.31. The van der Waals surface area contributed by atoms with Gasteiger partial charge in [-0.1, -0.05) is 26.2 Å². The number of Topliss-reactive ketones (excluding diaryl/α,β-unsaturated/α-hetero) is 1. The molecule has 5 heteroatoms. The maximum absolute atomic E-state index is 11.8. The molecule has 0 aromatic rings. The van der Waals surface area contributed by atoms with Crippen LogP contribution in [0.1, 0.15) is 39.0 Å². The van der Waals surface area contributed by atoms with E-state index < -0.39 is 12.0 Å². The van der Waals surface area contributed by atoms with Gasteiger partial charge in [-0.05, 0) is 27.1 Å². The molecule has 18 heavy (non-hydrogen) atoms. The second-order valence-corrected chi connectivity index (χ2v) is 4.70. The van der Waals surface area contributed by atoms with Crippen molar-refractivity contribution in [2.45, 2.75) is 45.1 Å². The summed E-state index contributed by atoms with van der Waals surface area (Å²) < 4.78 is 0. The Kier molecular flexibility index (Phi) is 9.50. The van der Waals surface area contributed by atoms with Gasteiger partial charge in [-0.3, -0.25) is 14.5 Å². The second-order valence-electron chi connectivity index (χ2n) is 4.70. The molecule has 0 aromatic heterocycles. The van der Waals surface area contributed by atoms with Gasteiger partial charge in [0.2, 0.25) is 0 Å². The number of aliphatic carboxylic acids is 1. The van der Waals surface area contributed by atoms with E-state index in [1.807, 2.05) is 11.9 Å². The first kappa shape index (κ1) is 17.1. The largest absolute Gasteiger partial charge is 0.481 e. The van der Waals surface area contributed by atoms with Crippen LogP contribution in [0.25, 0.3) is 0 Å². The number of hydrogen-bond donors (Lipinski definition) is 2. The number of carboxylic acids is 1. The zero-order valence-electron chi connectivity index (χ0n) is 11.7. The first-order chi connectivity index (χ1) is 8.51. The lowest BCUT2D eigenvalue weighted by Crippen LogP contribution is -2.42. The van der Waals surface area contributed by atoms with Crippen LogP contribution in [-0.4, -0.2) is 55.0 Å². The van der Waals surface area contributed by atoms with Gasteiger partial charge in [-0.2, -0.15) is 0 Å². The monoisotopic (exact) mass is 258 g/mol. The Morgan fingerprint density at radius 3 is 2.44 bits per heavy atom. The van der Waals surface area contributed by atoms with Crippen LogP contribution in [0.3, 0.4) is 0 Å². The number of ketones is 1. The third-order valence-electron chi connectivity index (χ3n) is 2.94. The lowest BCUT2D eigenvalue weighted by molar-refractivity contribution is -0.139. The van der Waals surface area contributed by atoms with E-state index in [4.69, 9.17) is 5.11 Å². The molecule has 0 aliphatic carbocycles. The van der Waals surface area contributed by atoms with Crippen molar-refractivity contribution in [3.63, 3.8) is 0 Å². The van der Waals surface area contributed by atoms with Gasteiger partial charge in [0, 0.05) is 0 Å². The summed E-state index contributed by atoms with van der Waals surface area (Å²) in [4.78, 5) is 24.4. The molecule has 0 saturated carbocycles. The third-order valence-corrected chi connectivity index (χ3v) is 2.94. The molecule has 1 atom stereocenters. The number of unbranched alkanes of at least 4 members (excludes halogenated alkanes) is 3. The van der Waals surface area contributed by atoms with Crippen LogP contribution in [0, 0.1) is 0 Å². The van der Waals surface area contributed by atoms with E-state index in [2.05, 4.69) is 12.2 Å². The molecule has 0 saturated heterocycles. The Balaban J connectivity index is 3.92. The lowest BCUT2D eigenvalue weighted by Gasteiger charge is -2.19. The zero-order chi connectivity index (χ0) is 14.0. The zero-order valence-corrected chi connectivity index (χ0v) is 11.7. The second kappa shape index (κ2) is 10.0. The molecule has 5 nitrogen and oxygen atoms in total. The normalized spacial score (nSPS) is 12.7. The standard InChI is InChI=1S/C13H26N2O3/c1-4-5-6-7-8-15(3)10-12(16)11(14-2)9-13(17)18/h11,14H,4-10H2,1-3H3,(H,17,18). The summed E-state index contributed by atoms with van der Waals surface area (Å²) in [5, 5.41) is 11.5. The van der Waals surface area contributed by atoms with Gasteiger partial charge >= 0.3 is 5.97 Å². The van der Waals surface area contributed by atoms with Crippen molar-refractivity contribution in [2.75, 3.05) is 27.2 Å². The van der Waals surface area contributed by atoms with Crippen molar-refractivity contribution < 1.29 is 14.7 Å². The number of carbonyl (C=O) groups excluding carboxylic acids is 1. The van der Waals surface area contributed by atoms with Crippen molar-refractivity contribution in [1.82, 2.24) is 10.2 Å². The van der Waals surface area contributed by atoms with Crippen molar-refractivity contribution in [3.05, 3.63) is 0 Å². The molecule has 106 valence electrons. The Bertz CT molecular complexity index is 257. The van der Waals surface area contributed by atoms with E-state index in [1.54, 1.807) is 7.05 Å². The van der Waals surface area contributed by atoms with Gasteiger partial charge in [0.25, 0.3) is 0 Å². The van der Waals surface area contributed by atoms with Gasteiger partial charge in [0.05, 0.1) is 19.0 Å². The van der Waals surface area contributed by atoms with Crippen LogP contribution in [0.15, 0.2) is 0 Å². The van der Waals surface area contributed by atoms with Crippen molar-refractivity contribution in [3.8, 4) is 0 Å². The van der Waals surface area contributed by atoms with Crippen LogP contribution < -0.4 is 5.32 Å². The summed E-state index contributed by atoms with van der Waals surface area (Å²) in [5.41, 5.74) is 0. The average molecular weight is 258 g/mol. The summed E-state index contributed by atoms with van der Waals surface area (Å²) in [5.74, 6) is -1.01. The first-order valence-electron chi connectivity index (χ1n) is 6.61. The maximum Gasteiger partial charge on any atom is 0.305 e. The number of rotatable bonds is 11. The van der Waals surface area contributed by atoms with E-state index >= 15 is 0 Å². The van der Waals surface area contributed by atoms with Gasteiger partial charge in [0.1, 0.15) is 0 Å². The van der Waals surface area contributed by atoms with Crippen molar-refractivity contribution in [2.24, 2.45) is 0 Å². The summed E-state index contributed by atoms with van der Waals surface area (Å²) >= 11 is 0. The smallest absolute Gasteiger partial charge is 0.305 e. The molecule has 0 fully saturated rings. The number of hydrogen-bond acceptors (Lipinski definition) is 4. The van der Waals surface area contributed by atoms with Gasteiger partial charge in [-0.15, -0.1) is 0 Å². The highest BCUT2D eigenvalue weighted by Crippen LogP contribution is 2.01. The molecule has 0 aromatic carbocycles. The molecule has 0 spiro atoms. The fraction of sp³-hybridized carbons (Fsp3) is 0.846. The summed E-state index contributed by atoms with van der Waals surface area (Å²) in [6, 6.07) is -0.583. The number of nitrogens with one attached hydrogen (secondary N) is 1. The van der Waals surface area contributed by atoms with E-state index in [1.165, 1.54) is 19.3 Å². The highest BCUT2D eigenvalue weighted by Gasteiger charge is 2.20. The minimum atomic E-state index is -0.951. The SMILES string of the molecule is CCCCCCN(C)CC(=O)C(CC(=O)O)NC. The molecular weight excluding hydrogens is 232 g/mol. The highest BCUT2D eigenvalue weighted by molar-refractivity contribution is 5.89. The van der Waals surface area contributed by atoms with E-state index in [0.29, 0.717) is 6.54 Å². The Morgan fingerprint density at radius 1 is 1.28 bits per heavy atom. The molecule has 0 amide bonds. The quantitative estimate of drug-likeness (QED) is 0.544. The predicted octanol–water partition coefficient (Wildman–Crippen LogP) is 1.13. The number of likely N-dealkylation sites (N-methyl/N-ethyl adjacent to an activating group) is 2. The fourth-order valence-corrected chi connectivity index (χ4v) is 1.82. The van der Waals surface area contributed by atoms with Gasteiger partial charge in [-0.25, -0.2) is 0 Å². The van der Waals surface area contributed by atoms with Gasteiger partial charge in [0.15, 0.2) is 5.78 Å². The molecule has 0 aliphatic heterocycles. The number of carboxylic acid groups (broad SMARTS) is 1. The maximum atomic E-state index is 11.8. The fourth-order valence-electron chi connectivity index (χ4n) is 1.82. The Hall–Kier alpha value is -0.940. The van der Waals surface area contributed by atoms with Crippen molar-refractivity contribution in [1.29, 1.82) is 0 Å². The highest BCUT2D eigenvalue weighted by atomic mass is 16.4. The summed E-state index contributed by atoms with van der Waals surface area (Å²) in [7, 11) is 3.52. The predicted molar refractivity (Wildman–Crippen MR) is 71.7 cm³/mol. The first-order valence-corrected chi connectivity index (χ1v) is 6.61. The van der Waals surface area contributed by atoms with E-state index in [-0.39, 0.29) is 12.2 Å². The minimum absolute atomic E-state index is 0.0575. The van der Waals surface area contributed by atoms with Gasteiger partial charge < -0.3 is 10.4 Å². The molecule has 0 bridgehead atoms. The molecular formula is C13H26N2O3.